The van der Waals surface area contributed by atoms with Crippen LogP contribution in [0.3, 0.4) is 0 Å². The van der Waals surface area contributed by atoms with Crippen LogP contribution in [-0.4, -0.2) is 6.71 Å². The highest BCUT2D eigenvalue weighted by atomic mass is 16.3. The fourth-order valence-corrected chi connectivity index (χ4v) is 12.9. The van der Waals surface area contributed by atoms with Gasteiger partial charge in [-0.25, -0.2) is 0 Å². The first kappa shape index (κ1) is 53.9. The summed E-state index contributed by atoms with van der Waals surface area (Å²) in [5.41, 5.74) is 27.4. The van der Waals surface area contributed by atoms with Crippen molar-refractivity contribution in [3.63, 3.8) is 0 Å². The summed E-state index contributed by atoms with van der Waals surface area (Å²) < 4.78 is 6.65. The van der Waals surface area contributed by atoms with Gasteiger partial charge in [0.1, 0.15) is 11.2 Å². The molecule has 0 bridgehead atoms. The Labute approximate surface area is 483 Å². The van der Waals surface area contributed by atoms with Gasteiger partial charge >= 0.3 is 0 Å². The first-order chi connectivity index (χ1) is 38.2. The van der Waals surface area contributed by atoms with E-state index in [9.17, 15) is 0 Å². The van der Waals surface area contributed by atoms with E-state index in [0.717, 1.165) is 55.8 Å². The molecule has 0 atom stereocenters. The van der Waals surface area contributed by atoms with E-state index in [-0.39, 0.29) is 33.8 Å². The number of rotatable bonds is 6. The Morgan fingerprint density at radius 1 is 0.420 bits per heavy atom. The Kier molecular flexibility index (Phi) is 12.6. The predicted molar refractivity (Wildman–Crippen MR) is 351 cm³/mol. The Hall–Kier alpha value is -7.76. The number of anilines is 9. The number of benzene rings is 9. The fourth-order valence-electron chi connectivity index (χ4n) is 12.9. The summed E-state index contributed by atoms with van der Waals surface area (Å²) in [6.45, 7) is 39.5. The van der Waals surface area contributed by atoms with Crippen LogP contribution in [0.5, 0.6) is 0 Å². The van der Waals surface area contributed by atoms with E-state index in [1.54, 1.807) is 0 Å². The molecule has 81 heavy (non-hydrogen) atoms. The molecule has 3 heterocycles. The maximum atomic E-state index is 6.65. The van der Waals surface area contributed by atoms with Crippen LogP contribution in [0, 0.1) is 13.8 Å². The lowest BCUT2D eigenvalue weighted by Crippen LogP contribution is -2.62. The van der Waals surface area contributed by atoms with Crippen LogP contribution in [0.1, 0.15) is 143 Å². The number of aryl methyl sites for hydroxylation is 1. The molecule has 0 saturated heterocycles. The van der Waals surface area contributed by atoms with Gasteiger partial charge in [-0.1, -0.05) is 207 Å². The molecule has 408 valence electrons. The van der Waals surface area contributed by atoms with Gasteiger partial charge in [0.2, 0.25) is 0 Å². The summed E-state index contributed by atoms with van der Waals surface area (Å²) in [5, 5.41) is 2.26. The molecule has 0 fully saturated rings. The number of nitrogens with zero attached hydrogens (tertiary/aromatic N) is 3. The molecule has 1 aromatic heterocycles. The average Bonchev–Trinajstić information content (AvgIpc) is 3.91. The van der Waals surface area contributed by atoms with Crippen molar-refractivity contribution in [2.75, 3.05) is 14.7 Å². The summed E-state index contributed by atoms with van der Waals surface area (Å²) in [4.78, 5) is 7.70. The molecule has 12 rings (SSSR count). The first-order valence-electron chi connectivity index (χ1n) is 29.4. The third kappa shape index (κ3) is 9.26. The van der Waals surface area contributed by atoms with Crippen LogP contribution < -0.4 is 31.1 Å². The average molecular weight is 1060 g/mol. The summed E-state index contributed by atoms with van der Waals surface area (Å²) in [7, 11) is 0. The lowest BCUT2D eigenvalue weighted by atomic mass is 9.33. The van der Waals surface area contributed by atoms with E-state index in [4.69, 9.17) is 4.42 Å². The molecule has 0 saturated carbocycles. The van der Waals surface area contributed by atoms with E-state index in [1.807, 2.05) is 0 Å². The van der Waals surface area contributed by atoms with Crippen LogP contribution >= 0.6 is 0 Å². The van der Waals surface area contributed by atoms with E-state index >= 15 is 0 Å². The zero-order chi connectivity index (χ0) is 57.5. The zero-order valence-electron chi connectivity index (χ0n) is 51.1. The fraction of sp³-hybridized carbons (Fsp3) is 0.289. The van der Waals surface area contributed by atoms with Crippen molar-refractivity contribution in [3.8, 4) is 11.1 Å². The smallest absolute Gasteiger partial charge is 0.252 e. The van der Waals surface area contributed by atoms with Crippen molar-refractivity contribution in [2.45, 2.75) is 145 Å². The molecule has 0 radical (unpaired) electrons. The van der Waals surface area contributed by atoms with Gasteiger partial charge in [0, 0.05) is 67.5 Å². The Bertz CT molecular complexity index is 4090. The van der Waals surface area contributed by atoms with Crippen molar-refractivity contribution in [1.29, 1.82) is 0 Å². The second kappa shape index (κ2) is 18.9. The molecule has 0 unspecified atom stereocenters. The van der Waals surface area contributed by atoms with Gasteiger partial charge in [-0.15, -0.1) is 0 Å². The highest BCUT2D eigenvalue weighted by Crippen LogP contribution is 2.51. The monoisotopic (exact) mass is 1060 g/mol. The molecule has 10 aromatic rings. The minimum absolute atomic E-state index is 0.00797. The summed E-state index contributed by atoms with van der Waals surface area (Å²) in [6, 6.07) is 67.2. The third-order valence-corrected chi connectivity index (χ3v) is 17.5. The molecule has 0 aliphatic carbocycles. The minimum Gasteiger partial charge on any atom is -0.455 e. The number of hydrogen-bond acceptors (Lipinski definition) is 4. The minimum atomic E-state index is -0.182. The predicted octanol–water partition coefficient (Wildman–Crippen LogP) is 19.9. The van der Waals surface area contributed by atoms with Gasteiger partial charge < -0.3 is 19.1 Å². The van der Waals surface area contributed by atoms with Gasteiger partial charge in [0.05, 0.1) is 0 Å². The quantitative estimate of drug-likeness (QED) is 0.155. The van der Waals surface area contributed by atoms with Crippen LogP contribution in [-0.2, 0) is 27.1 Å². The zero-order valence-corrected chi connectivity index (χ0v) is 51.1. The van der Waals surface area contributed by atoms with Crippen molar-refractivity contribution < 1.29 is 4.42 Å². The number of furan rings is 1. The topological polar surface area (TPSA) is 22.9 Å². The van der Waals surface area contributed by atoms with Gasteiger partial charge in [0.15, 0.2) is 0 Å². The van der Waals surface area contributed by atoms with Gasteiger partial charge in [-0.3, -0.25) is 0 Å². The lowest BCUT2D eigenvalue weighted by Gasteiger charge is -2.46. The molecule has 0 spiro atoms. The second-order valence-corrected chi connectivity index (χ2v) is 28.5. The van der Waals surface area contributed by atoms with Crippen molar-refractivity contribution in [2.24, 2.45) is 0 Å². The van der Waals surface area contributed by atoms with Crippen LogP contribution in [0.4, 0.5) is 51.2 Å². The molecule has 0 amide bonds. The van der Waals surface area contributed by atoms with Crippen LogP contribution in [0.2, 0.25) is 0 Å². The number of hydrogen-bond donors (Lipinski definition) is 0. The number of fused-ring (bicyclic) bond motifs is 7. The summed E-state index contributed by atoms with van der Waals surface area (Å²) in [5.74, 6) is 0. The van der Waals surface area contributed by atoms with Crippen LogP contribution in [0.15, 0.2) is 180 Å². The Morgan fingerprint density at radius 3 is 1.60 bits per heavy atom. The molecular formula is C76H80BN3O. The lowest BCUT2D eigenvalue weighted by molar-refractivity contribution is 0.586. The third-order valence-electron chi connectivity index (χ3n) is 17.5. The van der Waals surface area contributed by atoms with Gasteiger partial charge in [-0.2, -0.15) is 0 Å². The SMILES string of the molecule is Cc1cc(C(C)(C)C)ccc1N(c1ccc(C(C)(C)C)cc1)c1ccc2c(c1)N(c1ccc(-c3cccc4c3oc3ccccc34)cc1)c1cc(C(C)(C)C)c(C)c3c1B2c1cc(C(C)(C)C)ccc1N3c1ccc(C(C)(C)C)cc1. The Morgan fingerprint density at radius 2 is 0.975 bits per heavy atom. The standard InChI is InChI=1S/C76H80BN3O/c1-47-43-52(74(9,10)11)31-41-64(47)78(54-35-27-50(28-36-54)72(3,4)5)57-39-40-62-66(45-57)79(55-33-25-49(26-34-55)58-22-20-23-60-59-21-18-19-24-68(59)81-71(58)60)67-46-61(76(15,16)17)48(2)70-69(67)77(62)63-44-53(75(12,13)14)32-42-65(63)80(70)56-37-29-51(30-38-56)73(6,7)8/h18-46H,1-17H3. The molecule has 5 heteroatoms. The summed E-state index contributed by atoms with van der Waals surface area (Å²) in [6.07, 6.45) is 0. The first-order valence-corrected chi connectivity index (χ1v) is 29.4. The van der Waals surface area contributed by atoms with Gasteiger partial charge in [-0.05, 0) is 175 Å². The Balaban J connectivity index is 1.15. The molecule has 9 aromatic carbocycles. The van der Waals surface area contributed by atoms with Crippen molar-refractivity contribution in [3.05, 3.63) is 215 Å². The summed E-state index contributed by atoms with van der Waals surface area (Å²) >= 11 is 0. The van der Waals surface area contributed by atoms with Crippen molar-refractivity contribution in [1.82, 2.24) is 0 Å². The van der Waals surface area contributed by atoms with E-state index in [2.05, 4.69) is 308 Å². The van der Waals surface area contributed by atoms with E-state index < -0.39 is 0 Å². The molecule has 4 nitrogen and oxygen atoms in total. The largest absolute Gasteiger partial charge is 0.455 e. The molecule has 2 aliphatic heterocycles. The highest BCUT2D eigenvalue weighted by molar-refractivity contribution is 7.00. The van der Waals surface area contributed by atoms with Crippen molar-refractivity contribution >= 4 is 96.2 Å². The molecular weight excluding hydrogens is 982 g/mol. The maximum absolute atomic E-state index is 6.65. The normalized spacial score (nSPS) is 13.7. The van der Waals surface area contributed by atoms with Crippen LogP contribution in [0.25, 0.3) is 33.1 Å². The highest BCUT2D eigenvalue weighted by Gasteiger charge is 2.46. The van der Waals surface area contributed by atoms with E-state index in [0.29, 0.717) is 0 Å². The van der Waals surface area contributed by atoms with E-state index in [1.165, 1.54) is 83.8 Å². The molecule has 2 aliphatic rings. The molecule has 0 N–H and O–H groups in total. The number of para-hydroxylation sites is 2. The second-order valence-electron chi connectivity index (χ2n) is 28.5. The maximum Gasteiger partial charge on any atom is 0.252 e. The van der Waals surface area contributed by atoms with Gasteiger partial charge in [0.25, 0.3) is 6.71 Å².